The van der Waals surface area contributed by atoms with Crippen LogP contribution in [0, 0.1) is 18.6 Å². The molecule has 0 aliphatic heterocycles. The molecule has 110 valence electrons. The van der Waals surface area contributed by atoms with Gasteiger partial charge in [-0.2, -0.15) is 0 Å². The number of hydrogen-bond donors (Lipinski definition) is 1. The molecule has 21 heavy (non-hydrogen) atoms. The molecule has 0 amide bonds. The molecule has 0 aromatic heterocycles. The fraction of sp³-hybridized carbons (Fsp3) is 0.294. The van der Waals surface area contributed by atoms with Crippen LogP contribution >= 0.6 is 0 Å². The Morgan fingerprint density at radius 1 is 1.10 bits per heavy atom. The zero-order chi connectivity index (χ0) is 15.2. The minimum atomic E-state index is -1.51. The van der Waals surface area contributed by atoms with Crippen molar-refractivity contribution in [2.75, 3.05) is 7.11 Å². The average molecular weight is 290 g/mol. The lowest BCUT2D eigenvalue weighted by atomic mass is 9.86. The molecule has 0 heterocycles. The van der Waals surface area contributed by atoms with Gasteiger partial charge in [0.05, 0.1) is 7.11 Å². The van der Waals surface area contributed by atoms with Crippen LogP contribution in [0.25, 0.3) is 0 Å². The second kappa shape index (κ2) is 4.81. The molecule has 0 saturated heterocycles. The number of ether oxygens (including phenoxy) is 1. The number of benzene rings is 2. The summed E-state index contributed by atoms with van der Waals surface area (Å²) in [5.74, 6) is -1.30. The first-order chi connectivity index (χ1) is 9.97. The summed E-state index contributed by atoms with van der Waals surface area (Å²) in [4.78, 5) is 0. The van der Waals surface area contributed by atoms with E-state index in [1.54, 1.807) is 12.1 Å². The molecule has 1 unspecified atom stereocenters. The third-order valence-electron chi connectivity index (χ3n) is 4.24. The Hall–Kier alpha value is -1.94. The second-order valence-corrected chi connectivity index (χ2v) is 5.44. The van der Waals surface area contributed by atoms with Crippen LogP contribution in [0.2, 0.25) is 0 Å². The largest absolute Gasteiger partial charge is 0.497 e. The van der Waals surface area contributed by atoms with Crippen LogP contribution in [-0.2, 0) is 12.0 Å². The maximum Gasteiger partial charge on any atom is 0.165 e. The van der Waals surface area contributed by atoms with Crippen LogP contribution < -0.4 is 4.74 Å². The van der Waals surface area contributed by atoms with Gasteiger partial charge < -0.3 is 9.84 Å². The Labute approximate surface area is 122 Å². The first-order valence-corrected chi connectivity index (χ1v) is 6.82. The van der Waals surface area contributed by atoms with Crippen molar-refractivity contribution in [1.82, 2.24) is 0 Å². The summed E-state index contributed by atoms with van der Waals surface area (Å²) in [5.41, 5.74) is 0.215. The molecule has 1 aliphatic carbocycles. The Balaban J connectivity index is 2.19. The maximum atomic E-state index is 14.3. The smallest absolute Gasteiger partial charge is 0.165 e. The Kier molecular flexibility index (Phi) is 3.21. The molecular formula is C17H16F2O2. The molecule has 2 nitrogen and oxygen atoms in total. The lowest BCUT2D eigenvalue weighted by Gasteiger charge is -2.26. The number of aryl methyl sites for hydroxylation is 2. The Morgan fingerprint density at radius 2 is 1.86 bits per heavy atom. The van der Waals surface area contributed by atoms with Crippen molar-refractivity contribution >= 4 is 0 Å². The monoisotopic (exact) mass is 290 g/mol. The second-order valence-electron chi connectivity index (χ2n) is 5.44. The number of hydrogen-bond acceptors (Lipinski definition) is 2. The van der Waals surface area contributed by atoms with Gasteiger partial charge in [0.1, 0.15) is 11.4 Å². The number of aliphatic hydroxyl groups is 1. The summed E-state index contributed by atoms with van der Waals surface area (Å²) in [6.45, 7) is 1.50. The van der Waals surface area contributed by atoms with Crippen LogP contribution in [0.5, 0.6) is 5.75 Å². The molecule has 0 spiro atoms. The van der Waals surface area contributed by atoms with Gasteiger partial charge >= 0.3 is 0 Å². The van der Waals surface area contributed by atoms with E-state index in [-0.39, 0.29) is 11.1 Å². The number of methoxy groups -OCH3 is 1. The topological polar surface area (TPSA) is 29.5 Å². The number of rotatable bonds is 2. The minimum Gasteiger partial charge on any atom is -0.497 e. The van der Waals surface area contributed by atoms with E-state index in [4.69, 9.17) is 4.74 Å². The molecule has 2 aromatic rings. The zero-order valence-corrected chi connectivity index (χ0v) is 11.9. The Bertz CT molecular complexity index is 712. The van der Waals surface area contributed by atoms with E-state index in [1.165, 1.54) is 26.2 Å². The predicted molar refractivity (Wildman–Crippen MR) is 75.4 cm³/mol. The van der Waals surface area contributed by atoms with Crippen LogP contribution in [0.15, 0.2) is 30.3 Å². The summed E-state index contributed by atoms with van der Waals surface area (Å²) in [5, 5.41) is 11.0. The van der Waals surface area contributed by atoms with Crippen molar-refractivity contribution < 1.29 is 18.6 Å². The van der Waals surface area contributed by atoms with Crippen LogP contribution in [-0.4, -0.2) is 12.2 Å². The van der Waals surface area contributed by atoms with Gasteiger partial charge in [0.15, 0.2) is 11.6 Å². The van der Waals surface area contributed by atoms with Crippen molar-refractivity contribution in [3.05, 3.63) is 64.2 Å². The summed E-state index contributed by atoms with van der Waals surface area (Å²) in [7, 11) is 1.53. The van der Waals surface area contributed by atoms with E-state index in [0.717, 1.165) is 5.56 Å². The van der Waals surface area contributed by atoms with Gasteiger partial charge in [-0.25, -0.2) is 8.78 Å². The van der Waals surface area contributed by atoms with E-state index in [9.17, 15) is 13.9 Å². The fourth-order valence-electron chi connectivity index (χ4n) is 2.98. The van der Waals surface area contributed by atoms with E-state index in [0.29, 0.717) is 24.2 Å². The first kappa shape index (κ1) is 14.0. The molecule has 3 rings (SSSR count). The van der Waals surface area contributed by atoms with Crippen molar-refractivity contribution in [2.24, 2.45) is 0 Å². The van der Waals surface area contributed by atoms with Crippen molar-refractivity contribution in [2.45, 2.75) is 25.4 Å². The number of fused-ring (bicyclic) bond motifs is 1. The van der Waals surface area contributed by atoms with Gasteiger partial charge in [-0.05, 0) is 48.6 Å². The molecule has 0 bridgehead atoms. The highest BCUT2D eigenvalue weighted by atomic mass is 19.2. The molecular weight excluding hydrogens is 274 g/mol. The van der Waals surface area contributed by atoms with Gasteiger partial charge in [0, 0.05) is 5.56 Å². The fourth-order valence-corrected chi connectivity index (χ4v) is 2.98. The van der Waals surface area contributed by atoms with Crippen LogP contribution in [0.3, 0.4) is 0 Å². The predicted octanol–water partition coefficient (Wildman–Crippen LogP) is 3.46. The zero-order valence-electron chi connectivity index (χ0n) is 11.9. The number of halogens is 2. The van der Waals surface area contributed by atoms with E-state index < -0.39 is 17.2 Å². The highest BCUT2D eigenvalue weighted by molar-refractivity contribution is 5.49. The molecule has 0 saturated carbocycles. The highest BCUT2D eigenvalue weighted by Crippen LogP contribution is 2.44. The third-order valence-corrected chi connectivity index (χ3v) is 4.24. The van der Waals surface area contributed by atoms with E-state index in [1.807, 2.05) is 6.07 Å². The first-order valence-electron chi connectivity index (χ1n) is 6.82. The average Bonchev–Trinajstić information content (AvgIpc) is 2.82. The maximum absolute atomic E-state index is 14.3. The summed E-state index contributed by atoms with van der Waals surface area (Å²) in [6.07, 6.45) is 0.944. The standard InChI is InChI=1S/C17H16F2O2/c1-10-3-6-13(16(19)15(10)18)17(20)8-7-11-4-5-12(21-2)9-14(11)17/h3-6,9,20H,7-8H2,1-2H3. The molecule has 4 heteroatoms. The third kappa shape index (κ3) is 2.02. The summed E-state index contributed by atoms with van der Waals surface area (Å²) >= 11 is 0. The Morgan fingerprint density at radius 3 is 2.57 bits per heavy atom. The summed E-state index contributed by atoms with van der Waals surface area (Å²) in [6, 6.07) is 8.30. The van der Waals surface area contributed by atoms with E-state index >= 15 is 0 Å². The lowest BCUT2D eigenvalue weighted by molar-refractivity contribution is 0.0778. The summed E-state index contributed by atoms with van der Waals surface area (Å²) < 4.78 is 33.3. The molecule has 2 aromatic carbocycles. The van der Waals surface area contributed by atoms with Gasteiger partial charge in [-0.15, -0.1) is 0 Å². The normalized spacial score (nSPS) is 20.4. The van der Waals surface area contributed by atoms with Crippen LogP contribution in [0.4, 0.5) is 8.78 Å². The molecule has 0 radical (unpaired) electrons. The minimum absolute atomic E-state index is 0.0161. The van der Waals surface area contributed by atoms with Gasteiger partial charge in [-0.3, -0.25) is 0 Å². The quantitative estimate of drug-likeness (QED) is 0.917. The molecule has 1 N–H and O–H groups in total. The van der Waals surface area contributed by atoms with Gasteiger partial charge in [0.25, 0.3) is 0 Å². The SMILES string of the molecule is COc1ccc2c(c1)C(O)(c1ccc(C)c(F)c1F)CC2. The van der Waals surface area contributed by atoms with Gasteiger partial charge in [0.2, 0.25) is 0 Å². The van der Waals surface area contributed by atoms with Crippen molar-refractivity contribution in [3.63, 3.8) is 0 Å². The highest BCUT2D eigenvalue weighted by Gasteiger charge is 2.41. The van der Waals surface area contributed by atoms with Crippen molar-refractivity contribution in [3.8, 4) is 5.75 Å². The van der Waals surface area contributed by atoms with Crippen LogP contribution in [0.1, 0.15) is 28.7 Å². The van der Waals surface area contributed by atoms with Crippen molar-refractivity contribution in [1.29, 1.82) is 0 Å². The lowest BCUT2D eigenvalue weighted by Crippen LogP contribution is -2.26. The van der Waals surface area contributed by atoms with Gasteiger partial charge in [-0.1, -0.05) is 18.2 Å². The molecule has 1 atom stereocenters. The van der Waals surface area contributed by atoms with E-state index in [2.05, 4.69) is 0 Å². The molecule has 0 fully saturated rings. The molecule has 1 aliphatic rings.